The molecule has 0 saturated heterocycles. The first kappa shape index (κ1) is 16.7. The number of rotatable bonds is 8. The van der Waals surface area contributed by atoms with Crippen LogP contribution in [-0.4, -0.2) is 30.8 Å². The number of carboxylic acid groups (broad SMARTS) is 1. The van der Waals surface area contributed by atoms with Crippen LogP contribution in [0.5, 0.6) is 0 Å². The molecule has 1 rings (SSSR count). The summed E-state index contributed by atoms with van der Waals surface area (Å²) in [5.74, 6) is -0.451. The van der Waals surface area contributed by atoms with Gasteiger partial charge in [-0.2, -0.15) is 0 Å². The number of hydrogen-bond donors (Lipinski definition) is 2. The van der Waals surface area contributed by atoms with Crippen molar-refractivity contribution in [3.05, 3.63) is 35.4 Å². The van der Waals surface area contributed by atoms with Crippen molar-refractivity contribution in [2.24, 2.45) is 11.7 Å². The maximum Gasteiger partial charge on any atom is 0.315 e. The van der Waals surface area contributed by atoms with Crippen molar-refractivity contribution < 1.29 is 14.6 Å². The van der Waals surface area contributed by atoms with Gasteiger partial charge in [0.15, 0.2) is 0 Å². The van der Waals surface area contributed by atoms with Crippen LogP contribution in [-0.2, 0) is 14.9 Å². The van der Waals surface area contributed by atoms with Gasteiger partial charge in [-0.3, -0.25) is 4.79 Å². The molecule has 0 aliphatic heterocycles. The van der Waals surface area contributed by atoms with Crippen LogP contribution in [0.15, 0.2) is 24.3 Å². The zero-order valence-corrected chi connectivity index (χ0v) is 12.6. The second-order valence-electron chi connectivity index (χ2n) is 5.63. The third-order valence-electron chi connectivity index (χ3n) is 3.54. The largest absolute Gasteiger partial charge is 0.481 e. The lowest BCUT2D eigenvalue weighted by Crippen LogP contribution is -2.44. The first-order valence-corrected chi connectivity index (χ1v) is 7.01. The van der Waals surface area contributed by atoms with Gasteiger partial charge < -0.3 is 15.6 Å². The predicted octanol–water partition coefficient (Wildman–Crippen LogP) is 2.34. The molecule has 0 aliphatic carbocycles. The predicted molar refractivity (Wildman–Crippen MR) is 79.8 cm³/mol. The Morgan fingerprint density at radius 3 is 2.55 bits per heavy atom. The van der Waals surface area contributed by atoms with Crippen molar-refractivity contribution in [3.8, 4) is 0 Å². The van der Waals surface area contributed by atoms with Crippen LogP contribution in [0, 0.1) is 12.8 Å². The summed E-state index contributed by atoms with van der Waals surface area (Å²) in [6.07, 6.45) is 0.385. The van der Waals surface area contributed by atoms with Gasteiger partial charge in [-0.1, -0.05) is 38.1 Å². The van der Waals surface area contributed by atoms with E-state index in [2.05, 4.69) is 13.8 Å². The first-order chi connectivity index (χ1) is 9.44. The minimum Gasteiger partial charge on any atom is -0.481 e. The minimum absolute atomic E-state index is 0.0677. The molecule has 1 atom stereocenters. The molecule has 0 aromatic heterocycles. The summed E-state index contributed by atoms with van der Waals surface area (Å²) in [4.78, 5) is 11.8. The van der Waals surface area contributed by atoms with Gasteiger partial charge in [0.2, 0.25) is 0 Å². The summed E-state index contributed by atoms with van der Waals surface area (Å²) in [6.45, 7) is 7.14. The van der Waals surface area contributed by atoms with E-state index in [1.54, 1.807) is 0 Å². The third-order valence-corrected chi connectivity index (χ3v) is 3.54. The van der Waals surface area contributed by atoms with E-state index in [1.807, 2.05) is 31.2 Å². The van der Waals surface area contributed by atoms with Gasteiger partial charge in [0.05, 0.1) is 0 Å². The summed E-state index contributed by atoms with van der Waals surface area (Å²) < 4.78 is 5.55. The van der Waals surface area contributed by atoms with Crippen LogP contribution in [0.25, 0.3) is 0 Å². The SMILES string of the molecule is Cc1ccccc1C(CN)(CCOCC(C)C)C(=O)O. The van der Waals surface area contributed by atoms with Gasteiger partial charge in [0, 0.05) is 19.8 Å². The van der Waals surface area contributed by atoms with Gasteiger partial charge in [0.1, 0.15) is 5.41 Å². The summed E-state index contributed by atoms with van der Waals surface area (Å²) in [5, 5.41) is 9.67. The Balaban J connectivity index is 2.93. The highest BCUT2D eigenvalue weighted by Gasteiger charge is 2.39. The molecule has 0 saturated carbocycles. The van der Waals surface area contributed by atoms with E-state index in [4.69, 9.17) is 10.5 Å². The van der Waals surface area contributed by atoms with E-state index in [0.29, 0.717) is 25.6 Å². The number of aliphatic carboxylic acids is 1. The van der Waals surface area contributed by atoms with Gasteiger partial charge in [-0.25, -0.2) is 0 Å². The summed E-state index contributed by atoms with van der Waals surface area (Å²) in [6, 6.07) is 7.51. The van der Waals surface area contributed by atoms with Gasteiger partial charge in [0.25, 0.3) is 0 Å². The summed E-state index contributed by atoms with van der Waals surface area (Å²) in [5.41, 5.74) is 6.48. The highest BCUT2D eigenvalue weighted by Crippen LogP contribution is 2.30. The highest BCUT2D eigenvalue weighted by atomic mass is 16.5. The Kier molecular flexibility index (Phi) is 6.17. The molecular weight excluding hydrogens is 254 g/mol. The van der Waals surface area contributed by atoms with E-state index >= 15 is 0 Å². The smallest absolute Gasteiger partial charge is 0.315 e. The third kappa shape index (κ3) is 3.81. The van der Waals surface area contributed by atoms with Gasteiger partial charge >= 0.3 is 5.97 Å². The standard InChI is InChI=1S/C16H25NO3/c1-12(2)10-20-9-8-16(11-17,15(18)19)14-7-5-4-6-13(14)3/h4-7,12H,8-11,17H2,1-3H3,(H,18,19). The quantitative estimate of drug-likeness (QED) is 0.716. The van der Waals surface area contributed by atoms with Crippen LogP contribution >= 0.6 is 0 Å². The van der Waals surface area contributed by atoms with Crippen LogP contribution in [0.1, 0.15) is 31.4 Å². The fraction of sp³-hybridized carbons (Fsp3) is 0.562. The van der Waals surface area contributed by atoms with E-state index in [0.717, 1.165) is 11.1 Å². The molecule has 0 fully saturated rings. The number of aryl methyl sites for hydroxylation is 1. The Hall–Kier alpha value is -1.39. The van der Waals surface area contributed by atoms with Crippen molar-refractivity contribution in [1.29, 1.82) is 0 Å². The number of nitrogens with two attached hydrogens (primary N) is 1. The maximum atomic E-state index is 11.8. The number of carbonyl (C=O) groups is 1. The van der Waals surface area contributed by atoms with E-state index < -0.39 is 11.4 Å². The fourth-order valence-corrected chi connectivity index (χ4v) is 2.33. The fourth-order valence-electron chi connectivity index (χ4n) is 2.33. The molecule has 0 spiro atoms. The molecule has 0 bridgehead atoms. The maximum absolute atomic E-state index is 11.8. The molecule has 1 aromatic carbocycles. The normalized spacial score (nSPS) is 14.2. The molecule has 0 amide bonds. The van der Waals surface area contributed by atoms with Crippen LogP contribution < -0.4 is 5.73 Å². The average molecular weight is 279 g/mol. The Morgan fingerprint density at radius 2 is 2.05 bits per heavy atom. The monoisotopic (exact) mass is 279 g/mol. The Bertz CT molecular complexity index is 445. The molecular formula is C16H25NO3. The molecule has 4 heteroatoms. The van der Waals surface area contributed by atoms with Crippen molar-refractivity contribution in [1.82, 2.24) is 0 Å². The molecule has 4 nitrogen and oxygen atoms in total. The molecule has 112 valence electrons. The summed E-state index contributed by atoms with van der Waals surface area (Å²) >= 11 is 0. The molecule has 20 heavy (non-hydrogen) atoms. The molecule has 1 aromatic rings. The lowest BCUT2D eigenvalue weighted by Gasteiger charge is -2.30. The van der Waals surface area contributed by atoms with Crippen LogP contribution in [0.2, 0.25) is 0 Å². The van der Waals surface area contributed by atoms with Crippen molar-refractivity contribution in [3.63, 3.8) is 0 Å². The van der Waals surface area contributed by atoms with Crippen LogP contribution in [0.4, 0.5) is 0 Å². The molecule has 0 heterocycles. The number of carboxylic acids is 1. The van der Waals surface area contributed by atoms with E-state index in [-0.39, 0.29) is 6.54 Å². The topological polar surface area (TPSA) is 72.5 Å². The van der Waals surface area contributed by atoms with Crippen molar-refractivity contribution in [2.45, 2.75) is 32.6 Å². The minimum atomic E-state index is -1.07. The van der Waals surface area contributed by atoms with Gasteiger partial charge in [-0.15, -0.1) is 0 Å². The van der Waals surface area contributed by atoms with Crippen molar-refractivity contribution in [2.75, 3.05) is 19.8 Å². The molecule has 3 N–H and O–H groups in total. The van der Waals surface area contributed by atoms with Crippen LogP contribution in [0.3, 0.4) is 0 Å². The Morgan fingerprint density at radius 1 is 1.40 bits per heavy atom. The summed E-state index contributed by atoms with van der Waals surface area (Å²) in [7, 11) is 0. The Labute approximate surface area is 120 Å². The molecule has 0 aliphatic rings. The lowest BCUT2D eigenvalue weighted by molar-refractivity contribution is -0.144. The highest BCUT2D eigenvalue weighted by molar-refractivity contribution is 5.82. The van der Waals surface area contributed by atoms with E-state index in [1.165, 1.54) is 0 Å². The lowest BCUT2D eigenvalue weighted by atomic mass is 9.76. The number of ether oxygens (including phenoxy) is 1. The molecule has 1 unspecified atom stereocenters. The second kappa shape index (κ2) is 7.41. The zero-order valence-electron chi connectivity index (χ0n) is 12.6. The number of benzene rings is 1. The second-order valence-corrected chi connectivity index (χ2v) is 5.63. The first-order valence-electron chi connectivity index (χ1n) is 7.01. The average Bonchev–Trinajstić information content (AvgIpc) is 2.40. The van der Waals surface area contributed by atoms with Gasteiger partial charge in [-0.05, 0) is 30.4 Å². The van der Waals surface area contributed by atoms with Crippen molar-refractivity contribution >= 4 is 5.97 Å². The zero-order chi connectivity index (χ0) is 15.2. The van der Waals surface area contributed by atoms with E-state index in [9.17, 15) is 9.90 Å². The number of hydrogen-bond acceptors (Lipinski definition) is 3. The molecule has 0 radical (unpaired) electrons.